The second-order valence-corrected chi connectivity index (χ2v) is 21.0. The third kappa shape index (κ3) is 5.14. The second-order valence-electron chi connectivity index (χ2n) is 15.3. The van der Waals surface area contributed by atoms with Crippen LogP contribution in [0.5, 0.6) is 0 Å². The van der Waals surface area contributed by atoms with Crippen molar-refractivity contribution in [2.24, 2.45) is 5.92 Å². The Morgan fingerprint density at radius 1 is 0.638 bits per heavy atom. The van der Waals surface area contributed by atoms with E-state index in [4.69, 9.17) is 0 Å². The molecule has 238 valence electrons. The van der Waals surface area contributed by atoms with Gasteiger partial charge in [-0.25, -0.2) is 0 Å². The fourth-order valence-electron chi connectivity index (χ4n) is 9.27. The van der Waals surface area contributed by atoms with Crippen LogP contribution in [-0.4, -0.2) is 3.71 Å². The van der Waals surface area contributed by atoms with E-state index in [0.29, 0.717) is 9.54 Å². The van der Waals surface area contributed by atoms with E-state index in [9.17, 15) is 0 Å². The average Bonchev–Trinajstić information content (AvgIpc) is 3.60. The zero-order valence-corrected chi connectivity index (χ0v) is 33.0. The van der Waals surface area contributed by atoms with Crippen LogP contribution in [0, 0.1) is 5.92 Å². The van der Waals surface area contributed by atoms with E-state index in [2.05, 4.69) is 151 Å². The summed E-state index contributed by atoms with van der Waals surface area (Å²) in [7, 11) is 0. The third-order valence-electron chi connectivity index (χ3n) is 11.4. The monoisotopic (exact) mass is 732 g/mol. The van der Waals surface area contributed by atoms with E-state index >= 15 is 0 Å². The summed E-state index contributed by atoms with van der Waals surface area (Å²) in [5.74, 6) is 0.489. The van der Waals surface area contributed by atoms with Crippen LogP contribution >= 0.6 is 0 Å². The quantitative estimate of drug-likeness (QED) is 0.256. The molecule has 0 saturated heterocycles. The summed E-state index contributed by atoms with van der Waals surface area (Å²) < 4.78 is 5.04. The summed E-state index contributed by atoms with van der Waals surface area (Å²) >= 11 is -2.65. The van der Waals surface area contributed by atoms with Crippen molar-refractivity contribution in [2.45, 2.75) is 76.8 Å². The number of hydrogen-bond donors (Lipinski definition) is 0. The SMILES string of the molecule is CC1=CC(C)[C](/[Zr+2](=[CH]\c2cccc3ccccc23)[CH]2c3cc4c(cc3-c3cc5c(cc32)C(C)(C)C=C5C)C(C)=CC4(C)C)=C1C.[Cl-].[Cl-]. The molecule has 0 amide bonds. The van der Waals surface area contributed by atoms with Gasteiger partial charge in [-0.15, -0.1) is 0 Å². The Hall–Kier alpha value is -2.57. The number of fused-ring (bicyclic) bond motifs is 6. The molecule has 47 heavy (non-hydrogen) atoms. The minimum absolute atomic E-state index is 0. The van der Waals surface area contributed by atoms with Gasteiger partial charge in [-0.05, 0) is 0 Å². The van der Waals surface area contributed by atoms with Gasteiger partial charge < -0.3 is 24.8 Å². The largest absolute Gasteiger partial charge is 1.00 e. The maximum absolute atomic E-state index is 2.83. The first kappa shape index (κ1) is 34.3. The molecule has 0 aromatic heterocycles. The van der Waals surface area contributed by atoms with Crippen LogP contribution in [0.3, 0.4) is 0 Å². The molecule has 3 heteroatoms. The summed E-state index contributed by atoms with van der Waals surface area (Å²) in [6.45, 7) is 21.4. The zero-order valence-electron chi connectivity index (χ0n) is 29.1. The van der Waals surface area contributed by atoms with Gasteiger partial charge in [0.05, 0.1) is 0 Å². The van der Waals surface area contributed by atoms with Gasteiger partial charge in [0.1, 0.15) is 0 Å². The summed E-state index contributed by atoms with van der Waals surface area (Å²) in [6, 6.07) is 26.4. The predicted molar refractivity (Wildman–Crippen MR) is 192 cm³/mol. The van der Waals surface area contributed by atoms with Crippen molar-refractivity contribution in [3.8, 4) is 11.1 Å². The molecule has 4 aromatic carbocycles. The number of rotatable bonds is 3. The summed E-state index contributed by atoms with van der Waals surface area (Å²) in [5, 5.41) is 2.72. The molecular weight excluding hydrogens is 691 g/mol. The first-order valence-electron chi connectivity index (χ1n) is 16.7. The second kappa shape index (κ2) is 11.8. The number of hydrogen-bond acceptors (Lipinski definition) is 0. The van der Waals surface area contributed by atoms with E-state index in [-0.39, 0.29) is 35.6 Å². The Kier molecular flexibility index (Phi) is 8.61. The van der Waals surface area contributed by atoms with Crippen molar-refractivity contribution in [3.63, 3.8) is 0 Å². The normalized spacial score (nSPS) is 19.8. The zero-order chi connectivity index (χ0) is 31.6. The molecule has 0 N–H and O–H groups in total. The van der Waals surface area contributed by atoms with Gasteiger partial charge in [-0.2, -0.15) is 0 Å². The van der Waals surface area contributed by atoms with Gasteiger partial charge in [-0.3, -0.25) is 0 Å². The summed E-state index contributed by atoms with van der Waals surface area (Å²) in [6.07, 6.45) is 7.51. The molecule has 0 heterocycles. The van der Waals surface area contributed by atoms with Crippen LogP contribution in [-0.2, 0) is 32.1 Å². The van der Waals surface area contributed by atoms with Crippen LogP contribution in [0.25, 0.3) is 33.0 Å². The fraction of sp³-hybridized carbons (Fsp3) is 0.295. The smallest absolute Gasteiger partial charge is 1.00 e. The Bertz CT molecular complexity index is 2070. The van der Waals surface area contributed by atoms with Crippen molar-refractivity contribution in [1.29, 1.82) is 0 Å². The molecular formula is C44H44Cl2Zr. The predicted octanol–water partition coefficient (Wildman–Crippen LogP) is 5.65. The maximum atomic E-state index is 2.83. The summed E-state index contributed by atoms with van der Waals surface area (Å²) in [5.41, 5.74) is 19.5. The topological polar surface area (TPSA) is 0 Å². The molecule has 1 atom stereocenters. The molecule has 0 nitrogen and oxygen atoms in total. The maximum Gasteiger partial charge on any atom is -1.00 e. The molecule has 1 unspecified atom stereocenters. The molecule has 0 saturated carbocycles. The third-order valence-corrected chi connectivity index (χ3v) is 19.5. The Morgan fingerprint density at radius 2 is 1.17 bits per heavy atom. The van der Waals surface area contributed by atoms with Crippen LogP contribution in [0.4, 0.5) is 0 Å². The first-order valence-corrected chi connectivity index (χ1v) is 20.8. The van der Waals surface area contributed by atoms with E-state index < -0.39 is 21.3 Å². The number of halogens is 2. The Labute approximate surface area is 301 Å². The van der Waals surface area contributed by atoms with Gasteiger partial charge in [0.25, 0.3) is 0 Å². The van der Waals surface area contributed by atoms with Crippen molar-refractivity contribution in [2.75, 3.05) is 0 Å². The molecule has 8 rings (SSSR count). The number of benzene rings is 4. The molecule has 0 radical (unpaired) electrons. The number of allylic oxidation sites excluding steroid dienone is 8. The van der Waals surface area contributed by atoms with Gasteiger partial charge in [0.15, 0.2) is 0 Å². The van der Waals surface area contributed by atoms with Crippen LogP contribution in [0.2, 0.25) is 0 Å². The van der Waals surface area contributed by atoms with Crippen molar-refractivity contribution >= 4 is 25.6 Å². The molecule has 0 spiro atoms. The molecule has 0 aliphatic heterocycles. The minimum Gasteiger partial charge on any atom is -1.00 e. The molecule has 4 aromatic rings. The van der Waals surface area contributed by atoms with E-state index in [1.807, 2.05) is 0 Å². The average molecular weight is 735 g/mol. The Balaban J connectivity index is 0.00000193. The van der Waals surface area contributed by atoms with E-state index in [1.54, 1.807) is 20.0 Å². The van der Waals surface area contributed by atoms with Crippen LogP contribution in [0.15, 0.2) is 99.4 Å². The van der Waals surface area contributed by atoms with Gasteiger partial charge in [-0.1, -0.05) is 0 Å². The van der Waals surface area contributed by atoms with E-state index in [1.165, 1.54) is 66.4 Å². The van der Waals surface area contributed by atoms with Gasteiger partial charge >= 0.3 is 279 Å². The fourth-order valence-corrected chi connectivity index (χ4v) is 18.1. The first-order chi connectivity index (χ1) is 21.4. The van der Waals surface area contributed by atoms with Crippen molar-refractivity contribution in [1.82, 2.24) is 0 Å². The van der Waals surface area contributed by atoms with Gasteiger partial charge in [0, 0.05) is 0 Å². The minimum atomic E-state index is -2.65. The molecule has 0 bridgehead atoms. The Morgan fingerprint density at radius 3 is 1.70 bits per heavy atom. The molecule has 4 aliphatic carbocycles. The van der Waals surface area contributed by atoms with Gasteiger partial charge in [0.2, 0.25) is 0 Å². The molecule has 4 aliphatic rings. The van der Waals surface area contributed by atoms with Crippen LogP contribution in [0.1, 0.15) is 105 Å². The summed E-state index contributed by atoms with van der Waals surface area (Å²) in [4.78, 5) is 0. The van der Waals surface area contributed by atoms with Crippen molar-refractivity contribution in [3.05, 3.63) is 138 Å². The molecule has 0 fully saturated rings. The van der Waals surface area contributed by atoms with Crippen LogP contribution < -0.4 is 24.8 Å². The van der Waals surface area contributed by atoms with Crippen molar-refractivity contribution < 1.29 is 46.1 Å². The van der Waals surface area contributed by atoms with E-state index in [0.717, 1.165) is 0 Å². The standard InChI is InChI=1S/C25H25.C11H8.C8H11.2ClH.Zr/c1-14-12-24(3,4)22-8-16-7-17-9-23-19(15(2)13-25(23,5)6)11-21(17)20(16)10-18(14)22;1-9-5-4-7-10-6-2-3-8-11(9)10;1-6-4-7(2)8(3)5-6;;;/h7-13H,1-6H3;1-8H;4,6H,1-3H3;2*1H;/q;;;;;+2/p-2.